The third-order valence-electron chi connectivity index (χ3n) is 3.06. The van der Waals surface area contributed by atoms with E-state index in [1.807, 2.05) is 25.1 Å². The maximum Gasteiger partial charge on any atom is 0.213 e. The first-order valence-electron chi connectivity index (χ1n) is 6.12. The Morgan fingerprint density at radius 3 is 2.40 bits per heavy atom. The molecular formula is C16H14BrNO2. The van der Waals surface area contributed by atoms with E-state index in [4.69, 9.17) is 0 Å². The molecule has 1 amide bonds. The quantitative estimate of drug-likeness (QED) is 0.634. The lowest BCUT2D eigenvalue weighted by atomic mass is 10.0. The maximum absolute atomic E-state index is 12.5. The van der Waals surface area contributed by atoms with Gasteiger partial charge in [-0.1, -0.05) is 27.6 Å². The van der Waals surface area contributed by atoms with Crippen LogP contribution in [-0.2, 0) is 4.79 Å². The highest BCUT2D eigenvalue weighted by Crippen LogP contribution is 2.22. The molecule has 0 aliphatic heterocycles. The summed E-state index contributed by atoms with van der Waals surface area (Å²) in [6.45, 7) is 1.95. The SMILES string of the molecule is Cc1ccc(Br)c(C(=O)c2ccc(N(C)C=O)cc2)c1. The van der Waals surface area contributed by atoms with Gasteiger partial charge in [0.25, 0.3) is 0 Å². The van der Waals surface area contributed by atoms with Crippen LogP contribution < -0.4 is 4.90 Å². The molecular weight excluding hydrogens is 318 g/mol. The van der Waals surface area contributed by atoms with Crippen molar-refractivity contribution in [2.75, 3.05) is 11.9 Å². The summed E-state index contributed by atoms with van der Waals surface area (Å²) >= 11 is 3.40. The molecule has 4 heteroatoms. The Balaban J connectivity index is 2.34. The van der Waals surface area contributed by atoms with Crippen molar-refractivity contribution in [3.8, 4) is 0 Å². The summed E-state index contributed by atoms with van der Waals surface area (Å²) in [5, 5.41) is 0. The second-order valence-corrected chi connectivity index (χ2v) is 5.43. The van der Waals surface area contributed by atoms with Crippen LogP contribution in [0, 0.1) is 6.92 Å². The van der Waals surface area contributed by atoms with Gasteiger partial charge < -0.3 is 4.90 Å². The van der Waals surface area contributed by atoms with Gasteiger partial charge in [0.15, 0.2) is 5.78 Å². The van der Waals surface area contributed by atoms with E-state index in [2.05, 4.69) is 15.9 Å². The summed E-state index contributed by atoms with van der Waals surface area (Å²) in [5.74, 6) is -0.0409. The third kappa shape index (κ3) is 2.96. The average Bonchev–Trinajstić information content (AvgIpc) is 2.48. The van der Waals surface area contributed by atoms with E-state index < -0.39 is 0 Å². The molecule has 2 aromatic rings. The molecule has 0 radical (unpaired) electrons. The molecule has 0 aromatic heterocycles. The van der Waals surface area contributed by atoms with E-state index >= 15 is 0 Å². The van der Waals surface area contributed by atoms with E-state index in [9.17, 15) is 9.59 Å². The Kier molecular flexibility index (Phi) is 4.35. The van der Waals surface area contributed by atoms with Crippen molar-refractivity contribution < 1.29 is 9.59 Å². The van der Waals surface area contributed by atoms with Crippen LogP contribution in [0.15, 0.2) is 46.9 Å². The molecule has 0 atom stereocenters. The van der Waals surface area contributed by atoms with Crippen LogP contribution >= 0.6 is 15.9 Å². The van der Waals surface area contributed by atoms with Crippen molar-refractivity contribution >= 4 is 33.8 Å². The summed E-state index contributed by atoms with van der Waals surface area (Å²) in [6, 6.07) is 12.6. The third-order valence-corrected chi connectivity index (χ3v) is 3.75. The Morgan fingerprint density at radius 1 is 1.15 bits per heavy atom. The molecule has 0 N–H and O–H groups in total. The van der Waals surface area contributed by atoms with Gasteiger partial charge in [0, 0.05) is 28.3 Å². The zero-order valence-corrected chi connectivity index (χ0v) is 12.8. The monoisotopic (exact) mass is 331 g/mol. The van der Waals surface area contributed by atoms with Crippen LogP contribution in [0.25, 0.3) is 0 Å². The summed E-state index contributed by atoms with van der Waals surface area (Å²) < 4.78 is 0.780. The topological polar surface area (TPSA) is 37.4 Å². The van der Waals surface area contributed by atoms with E-state index in [1.54, 1.807) is 31.3 Å². The molecule has 0 saturated carbocycles. The lowest BCUT2D eigenvalue weighted by Gasteiger charge is -2.11. The van der Waals surface area contributed by atoms with Crippen LogP contribution in [0.4, 0.5) is 5.69 Å². The second kappa shape index (κ2) is 6.01. The second-order valence-electron chi connectivity index (χ2n) is 4.58. The lowest BCUT2D eigenvalue weighted by Crippen LogP contribution is -2.13. The molecule has 0 aliphatic carbocycles. The number of carbonyl (C=O) groups excluding carboxylic acids is 2. The number of hydrogen-bond acceptors (Lipinski definition) is 2. The number of hydrogen-bond donors (Lipinski definition) is 0. The number of rotatable bonds is 4. The number of nitrogens with zero attached hydrogens (tertiary/aromatic N) is 1. The number of benzene rings is 2. The number of halogens is 1. The Labute approximate surface area is 126 Å². The predicted octanol–water partition coefficient (Wildman–Crippen LogP) is 3.58. The Bertz CT molecular complexity index is 650. The van der Waals surface area contributed by atoms with Crippen LogP contribution in [0.5, 0.6) is 0 Å². The van der Waals surface area contributed by atoms with E-state index in [1.165, 1.54) is 4.90 Å². The van der Waals surface area contributed by atoms with Gasteiger partial charge in [-0.2, -0.15) is 0 Å². The molecule has 0 saturated heterocycles. The fourth-order valence-corrected chi connectivity index (χ4v) is 2.30. The van der Waals surface area contributed by atoms with E-state index in [0.717, 1.165) is 22.1 Å². The molecule has 20 heavy (non-hydrogen) atoms. The van der Waals surface area contributed by atoms with Gasteiger partial charge in [-0.05, 0) is 43.3 Å². The lowest BCUT2D eigenvalue weighted by molar-refractivity contribution is -0.107. The minimum Gasteiger partial charge on any atom is -0.318 e. The molecule has 0 fully saturated rings. The van der Waals surface area contributed by atoms with Crippen LogP contribution in [0.3, 0.4) is 0 Å². The molecule has 0 heterocycles. The summed E-state index contributed by atoms with van der Waals surface area (Å²) in [7, 11) is 1.67. The molecule has 0 spiro atoms. The van der Waals surface area contributed by atoms with Crippen molar-refractivity contribution in [1.82, 2.24) is 0 Å². The van der Waals surface area contributed by atoms with Crippen LogP contribution in [-0.4, -0.2) is 19.2 Å². The largest absolute Gasteiger partial charge is 0.318 e. The van der Waals surface area contributed by atoms with Gasteiger partial charge in [-0.25, -0.2) is 0 Å². The summed E-state index contributed by atoms with van der Waals surface area (Å²) in [6.07, 6.45) is 0.730. The van der Waals surface area contributed by atoms with Gasteiger partial charge in [0.05, 0.1) is 0 Å². The zero-order chi connectivity index (χ0) is 14.7. The highest BCUT2D eigenvalue weighted by atomic mass is 79.9. The van der Waals surface area contributed by atoms with E-state index in [0.29, 0.717) is 11.1 Å². The van der Waals surface area contributed by atoms with Crippen molar-refractivity contribution in [2.24, 2.45) is 0 Å². The van der Waals surface area contributed by atoms with Crippen LogP contribution in [0.1, 0.15) is 21.5 Å². The van der Waals surface area contributed by atoms with Crippen molar-refractivity contribution in [3.63, 3.8) is 0 Å². The molecule has 102 valence electrons. The number of anilines is 1. The number of aryl methyl sites for hydroxylation is 1. The fourth-order valence-electron chi connectivity index (χ4n) is 1.88. The van der Waals surface area contributed by atoms with Crippen molar-refractivity contribution in [2.45, 2.75) is 6.92 Å². The fraction of sp³-hybridized carbons (Fsp3) is 0.125. The van der Waals surface area contributed by atoms with E-state index in [-0.39, 0.29) is 5.78 Å². The van der Waals surface area contributed by atoms with Gasteiger partial charge in [-0.15, -0.1) is 0 Å². The van der Waals surface area contributed by atoms with Gasteiger partial charge >= 0.3 is 0 Å². The Hall–Kier alpha value is -1.94. The first kappa shape index (κ1) is 14.5. The number of ketones is 1. The Morgan fingerprint density at radius 2 is 1.80 bits per heavy atom. The molecule has 2 aromatic carbocycles. The van der Waals surface area contributed by atoms with Crippen molar-refractivity contribution in [1.29, 1.82) is 0 Å². The highest BCUT2D eigenvalue weighted by Gasteiger charge is 2.13. The highest BCUT2D eigenvalue weighted by molar-refractivity contribution is 9.10. The molecule has 2 rings (SSSR count). The maximum atomic E-state index is 12.5. The normalized spacial score (nSPS) is 10.2. The number of carbonyl (C=O) groups is 2. The summed E-state index contributed by atoms with van der Waals surface area (Å²) in [4.78, 5) is 24.6. The zero-order valence-electron chi connectivity index (χ0n) is 11.3. The van der Waals surface area contributed by atoms with Gasteiger partial charge in [0.2, 0.25) is 6.41 Å². The molecule has 3 nitrogen and oxygen atoms in total. The standard InChI is InChI=1S/C16H14BrNO2/c1-11-3-8-15(17)14(9-11)16(20)12-4-6-13(7-5-12)18(2)10-19/h3-10H,1-2H3. The molecule has 0 aliphatic rings. The summed E-state index contributed by atoms with van der Waals surface area (Å²) in [5.41, 5.74) is 3.02. The first-order chi connectivity index (χ1) is 9.52. The first-order valence-corrected chi connectivity index (χ1v) is 6.91. The minimum absolute atomic E-state index is 0.0409. The van der Waals surface area contributed by atoms with Gasteiger partial charge in [-0.3, -0.25) is 9.59 Å². The van der Waals surface area contributed by atoms with Crippen LogP contribution in [0.2, 0.25) is 0 Å². The predicted molar refractivity (Wildman–Crippen MR) is 83.2 cm³/mol. The van der Waals surface area contributed by atoms with Gasteiger partial charge in [0.1, 0.15) is 0 Å². The molecule has 0 bridgehead atoms. The number of amides is 1. The minimum atomic E-state index is -0.0409. The average molecular weight is 332 g/mol. The molecule has 0 unspecified atom stereocenters. The van der Waals surface area contributed by atoms with Crippen molar-refractivity contribution in [3.05, 3.63) is 63.6 Å². The smallest absolute Gasteiger partial charge is 0.213 e.